The molecule has 0 saturated heterocycles. The third-order valence-electron chi connectivity index (χ3n) is 7.63. The molecule has 41 heavy (non-hydrogen) atoms. The molecule has 1 amide bonds. The van der Waals surface area contributed by atoms with Crippen molar-refractivity contribution in [3.05, 3.63) is 112 Å². The van der Waals surface area contributed by atoms with Crippen LogP contribution in [0.2, 0.25) is 5.02 Å². The summed E-state index contributed by atoms with van der Waals surface area (Å²) in [7, 11) is -2.09. The van der Waals surface area contributed by atoms with Crippen LogP contribution in [0.3, 0.4) is 0 Å². The molecule has 0 bridgehead atoms. The van der Waals surface area contributed by atoms with Gasteiger partial charge in [0.25, 0.3) is 0 Å². The number of anilines is 1. The van der Waals surface area contributed by atoms with Crippen molar-refractivity contribution in [2.24, 2.45) is 7.05 Å². The summed E-state index contributed by atoms with van der Waals surface area (Å²) in [6, 6.07) is 18.6. The molecule has 7 nitrogen and oxygen atoms in total. The van der Waals surface area contributed by atoms with E-state index in [1.807, 2.05) is 73.3 Å². The zero-order valence-corrected chi connectivity index (χ0v) is 24.5. The molecule has 0 saturated carbocycles. The molecule has 0 spiro atoms. The maximum absolute atomic E-state index is 13.8. The lowest BCUT2D eigenvalue weighted by Crippen LogP contribution is -2.34. The predicted molar refractivity (Wildman–Crippen MR) is 158 cm³/mol. The average molecular weight is 595 g/mol. The number of carbonyl (C=O) groups excluding carboxylic acids is 1. The van der Waals surface area contributed by atoms with Gasteiger partial charge in [-0.3, -0.25) is 4.79 Å². The smallest absolute Gasteiger partial charge is 0.241 e. The van der Waals surface area contributed by atoms with Crippen molar-refractivity contribution in [2.45, 2.75) is 56.0 Å². The predicted octanol–water partition coefficient (Wildman–Crippen LogP) is 6.30. The number of hydrogen-bond acceptors (Lipinski definition) is 4. The Balaban J connectivity index is 1.46. The van der Waals surface area contributed by atoms with Crippen molar-refractivity contribution < 1.29 is 17.6 Å². The van der Waals surface area contributed by atoms with Crippen molar-refractivity contribution >= 4 is 33.2 Å². The van der Waals surface area contributed by atoms with E-state index in [1.165, 1.54) is 6.07 Å². The highest BCUT2D eigenvalue weighted by molar-refractivity contribution is 7.89. The lowest BCUT2D eigenvalue weighted by molar-refractivity contribution is -0.119. The molecule has 1 aromatic heterocycles. The summed E-state index contributed by atoms with van der Waals surface area (Å²) in [5.41, 5.74) is 3.60. The van der Waals surface area contributed by atoms with Gasteiger partial charge in [-0.1, -0.05) is 54.9 Å². The number of aromatic nitrogens is 2. The number of amides is 1. The average Bonchev–Trinajstić information content (AvgIpc) is 3.37. The zero-order valence-electron chi connectivity index (χ0n) is 22.9. The van der Waals surface area contributed by atoms with E-state index in [0.29, 0.717) is 18.5 Å². The van der Waals surface area contributed by atoms with Crippen molar-refractivity contribution in [3.63, 3.8) is 0 Å². The van der Waals surface area contributed by atoms with Crippen molar-refractivity contribution in [2.75, 3.05) is 4.90 Å². The van der Waals surface area contributed by atoms with Crippen molar-refractivity contribution in [1.29, 1.82) is 0 Å². The van der Waals surface area contributed by atoms with Gasteiger partial charge in [-0.25, -0.2) is 22.5 Å². The monoisotopic (exact) mass is 594 g/mol. The van der Waals surface area contributed by atoms with E-state index >= 15 is 0 Å². The van der Waals surface area contributed by atoms with Gasteiger partial charge < -0.3 is 9.47 Å². The minimum absolute atomic E-state index is 0.00675. The quantitative estimate of drug-likeness (QED) is 0.247. The highest BCUT2D eigenvalue weighted by Crippen LogP contribution is 2.35. The maximum atomic E-state index is 13.8. The minimum Gasteiger partial charge on any atom is -0.337 e. The number of imidazole rings is 1. The van der Waals surface area contributed by atoms with Crippen LogP contribution in [0.15, 0.2) is 84.0 Å². The van der Waals surface area contributed by atoms with E-state index in [2.05, 4.69) is 9.71 Å². The molecule has 1 aliphatic rings. The molecule has 5 rings (SSSR count). The molecule has 0 aliphatic heterocycles. The second kappa shape index (κ2) is 12.1. The Labute approximate surface area is 245 Å². The Bertz CT molecular complexity index is 1660. The molecule has 3 aromatic carbocycles. The summed E-state index contributed by atoms with van der Waals surface area (Å²) in [6.45, 7) is 2.30. The SMILES string of the molecule is C[C@H](CC(=O)N(Cc1nccn1C)c1ccc2c(c1)[C@@H](NS(=O)(=O)c1ccc(F)c(Cl)c1)CCC2)c1ccccc1. The molecule has 1 N–H and O–H groups in total. The summed E-state index contributed by atoms with van der Waals surface area (Å²) < 4.78 is 44.8. The first-order valence-corrected chi connectivity index (χ1v) is 15.4. The minimum atomic E-state index is -3.98. The number of fused-ring (bicyclic) bond motifs is 1. The first-order valence-electron chi connectivity index (χ1n) is 13.5. The fourth-order valence-electron chi connectivity index (χ4n) is 5.26. The third kappa shape index (κ3) is 6.53. The fraction of sp³-hybridized carbons (Fsp3) is 0.290. The summed E-state index contributed by atoms with van der Waals surface area (Å²) >= 11 is 5.86. The number of carbonyl (C=O) groups is 1. The highest BCUT2D eigenvalue weighted by atomic mass is 35.5. The normalized spacial score (nSPS) is 15.8. The lowest BCUT2D eigenvalue weighted by atomic mass is 9.87. The Kier molecular flexibility index (Phi) is 8.58. The van der Waals surface area contributed by atoms with E-state index < -0.39 is 21.9 Å². The summed E-state index contributed by atoms with van der Waals surface area (Å²) in [5, 5.41) is -0.257. The van der Waals surface area contributed by atoms with Crippen LogP contribution in [-0.4, -0.2) is 23.9 Å². The van der Waals surface area contributed by atoms with Crippen LogP contribution in [-0.2, 0) is 34.8 Å². The van der Waals surface area contributed by atoms with Gasteiger partial charge >= 0.3 is 0 Å². The Morgan fingerprint density at radius 2 is 1.95 bits per heavy atom. The van der Waals surface area contributed by atoms with Crippen LogP contribution in [0.1, 0.15) is 60.7 Å². The molecular weight excluding hydrogens is 563 g/mol. The second-order valence-electron chi connectivity index (χ2n) is 10.5. The molecule has 4 aromatic rings. The molecule has 2 atom stereocenters. The lowest BCUT2D eigenvalue weighted by Gasteiger charge is -2.30. The van der Waals surface area contributed by atoms with Gasteiger partial charge in [-0.05, 0) is 72.2 Å². The fourth-order valence-corrected chi connectivity index (χ4v) is 6.78. The molecule has 1 heterocycles. The summed E-state index contributed by atoms with van der Waals surface area (Å²) in [5.74, 6) is -0.00307. The van der Waals surface area contributed by atoms with Gasteiger partial charge in [0.05, 0.1) is 16.5 Å². The highest BCUT2D eigenvalue weighted by Gasteiger charge is 2.28. The van der Waals surface area contributed by atoms with Gasteiger partial charge in [-0.15, -0.1) is 0 Å². The number of nitrogens with one attached hydrogen (secondary N) is 1. The van der Waals surface area contributed by atoms with E-state index in [1.54, 1.807) is 11.1 Å². The van der Waals surface area contributed by atoms with Crippen LogP contribution in [0, 0.1) is 5.82 Å². The number of rotatable bonds is 9. The molecule has 10 heteroatoms. The molecule has 214 valence electrons. The number of sulfonamides is 1. The standard InChI is InChI=1S/C31H32ClFN4O3S/c1-21(22-7-4-3-5-8-22)17-31(38)37(20-30-34-15-16-36(30)2)24-12-11-23-9-6-10-29(26(23)18-24)35-41(39,40)25-13-14-28(33)27(32)19-25/h3-5,7-8,11-16,18-19,21,29,35H,6,9-10,17,20H2,1-2H3/t21-,29+/m1/s1. The van der Waals surface area contributed by atoms with E-state index in [4.69, 9.17) is 11.6 Å². The maximum Gasteiger partial charge on any atom is 0.241 e. The Morgan fingerprint density at radius 3 is 2.66 bits per heavy atom. The van der Waals surface area contributed by atoms with Crippen LogP contribution in [0.5, 0.6) is 0 Å². The van der Waals surface area contributed by atoms with Gasteiger partial charge in [0, 0.05) is 37.6 Å². The van der Waals surface area contributed by atoms with E-state index in [0.717, 1.165) is 47.5 Å². The number of aryl methyl sites for hydroxylation is 2. The third-order valence-corrected chi connectivity index (χ3v) is 9.38. The first-order chi connectivity index (χ1) is 19.6. The molecular formula is C31H32ClFN4O3S. The summed E-state index contributed by atoms with van der Waals surface area (Å²) in [4.78, 5) is 19.9. The molecule has 0 radical (unpaired) electrons. The number of hydrogen-bond donors (Lipinski definition) is 1. The summed E-state index contributed by atoms with van der Waals surface area (Å²) in [6.07, 6.45) is 6.02. The molecule has 1 aliphatic carbocycles. The topological polar surface area (TPSA) is 84.3 Å². The number of benzene rings is 3. The van der Waals surface area contributed by atoms with Gasteiger partial charge in [0.2, 0.25) is 15.9 Å². The molecule has 0 fully saturated rings. The first kappa shape index (κ1) is 29.0. The van der Waals surface area contributed by atoms with Crippen LogP contribution < -0.4 is 9.62 Å². The van der Waals surface area contributed by atoms with E-state index in [-0.39, 0.29) is 28.3 Å². The second-order valence-corrected chi connectivity index (χ2v) is 12.6. The Morgan fingerprint density at radius 1 is 1.17 bits per heavy atom. The van der Waals surface area contributed by atoms with Gasteiger partial charge in [0.15, 0.2) is 0 Å². The van der Waals surface area contributed by atoms with Gasteiger partial charge in [0.1, 0.15) is 11.6 Å². The number of halogens is 2. The van der Waals surface area contributed by atoms with Crippen molar-refractivity contribution in [1.82, 2.24) is 14.3 Å². The zero-order chi connectivity index (χ0) is 29.1. The Hall–Kier alpha value is -3.53. The van der Waals surface area contributed by atoms with Crippen LogP contribution in [0.4, 0.5) is 10.1 Å². The van der Waals surface area contributed by atoms with Crippen molar-refractivity contribution in [3.8, 4) is 0 Å². The van der Waals surface area contributed by atoms with E-state index in [9.17, 15) is 17.6 Å². The van der Waals surface area contributed by atoms with Crippen LogP contribution in [0.25, 0.3) is 0 Å². The van der Waals surface area contributed by atoms with Crippen LogP contribution >= 0.6 is 11.6 Å². The van der Waals surface area contributed by atoms with Gasteiger partial charge in [-0.2, -0.15) is 0 Å². The largest absolute Gasteiger partial charge is 0.337 e. The molecule has 0 unspecified atom stereocenters. The number of nitrogens with zero attached hydrogens (tertiary/aromatic N) is 3.